The minimum atomic E-state index is -0.318. The fourth-order valence-electron chi connectivity index (χ4n) is 1.000. The number of halogens is 1. The van der Waals surface area contributed by atoms with Crippen LogP contribution in [0.5, 0.6) is 0 Å². The Morgan fingerprint density at radius 2 is 1.71 bits per heavy atom. The third kappa shape index (κ3) is 9.81. The lowest BCUT2D eigenvalue weighted by Gasteiger charge is -2.17. The summed E-state index contributed by atoms with van der Waals surface area (Å²) in [5.41, 5.74) is -0.318. The number of nitrogens with zero attached hydrogens (tertiary/aromatic N) is 1. The average molecular weight is 222 g/mol. The molecule has 0 spiro atoms. The number of carbonyl (C=O) groups excluding carboxylic acids is 1. The number of piperidine rings is 1. The summed E-state index contributed by atoms with van der Waals surface area (Å²) in [5, 5.41) is 0. The molecule has 0 saturated carbocycles. The van der Waals surface area contributed by atoms with E-state index in [0.29, 0.717) is 6.47 Å². The number of carbonyl (C=O) groups is 1. The molecule has 0 aliphatic carbocycles. The Kier molecular flexibility index (Phi) is 6.93. The van der Waals surface area contributed by atoms with E-state index < -0.39 is 0 Å². The van der Waals surface area contributed by atoms with Crippen LogP contribution in [0.4, 0.5) is 0 Å². The van der Waals surface area contributed by atoms with Gasteiger partial charge in [-0.05, 0) is 45.4 Å². The van der Waals surface area contributed by atoms with E-state index in [-0.39, 0.29) is 5.60 Å². The van der Waals surface area contributed by atoms with Gasteiger partial charge in [0.05, 0.1) is 0 Å². The van der Waals surface area contributed by atoms with Crippen molar-refractivity contribution in [3.8, 4) is 0 Å². The standard InChI is InChI=1S/C5H10ClN.C5H10O2/c6-7-4-2-1-3-5-7;1-5(2,3)7-4-6/h1-5H2;4H,1-3H3. The first-order valence-corrected chi connectivity index (χ1v) is 5.32. The molecule has 14 heavy (non-hydrogen) atoms. The lowest BCUT2D eigenvalue weighted by molar-refractivity contribution is -0.138. The maximum absolute atomic E-state index is 9.60. The van der Waals surface area contributed by atoms with Gasteiger partial charge in [0.1, 0.15) is 5.60 Å². The van der Waals surface area contributed by atoms with Crippen LogP contribution in [0.15, 0.2) is 0 Å². The molecular weight excluding hydrogens is 202 g/mol. The molecule has 0 aromatic carbocycles. The zero-order chi connectivity index (χ0) is 11.0. The highest BCUT2D eigenvalue weighted by molar-refractivity contribution is 6.13. The molecule has 0 bridgehead atoms. The van der Waals surface area contributed by atoms with Gasteiger partial charge < -0.3 is 4.74 Å². The molecule has 0 aromatic heterocycles. The van der Waals surface area contributed by atoms with Gasteiger partial charge in [-0.3, -0.25) is 4.79 Å². The SMILES string of the molecule is CC(C)(C)OC=O.ClN1CCCCC1. The second-order valence-corrected chi connectivity index (χ2v) is 4.78. The summed E-state index contributed by atoms with van der Waals surface area (Å²) in [6.45, 7) is 8.09. The van der Waals surface area contributed by atoms with Crippen molar-refractivity contribution < 1.29 is 9.53 Å². The average Bonchev–Trinajstić information content (AvgIpc) is 2.04. The zero-order valence-corrected chi connectivity index (χ0v) is 10.0. The molecule has 4 heteroatoms. The Balaban J connectivity index is 0.000000241. The van der Waals surface area contributed by atoms with E-state index in [1.807, 2.05) is 25.2 Å². The van der Waals surface area contributed by atoms with Gasteiger partial charge in [0, 0.05) is 13.1 Å². The summed E-state index contributed by atoms with van der Waals surface area (Å²) in [6.07, 6.45) is 3.93. The number of rotatable bonds is 1. The summed E-state index contributed by atoms with van der Waals surface area (Å²) in [4.78, 5) is 9.60. The number of ether oxygens (including phenoxy) is 1. The van der Waals surface area contributed by atoms with E-state index >= 15 is 0 Å². The van der Waals surface area contributed by atoms with Gasteiger partial charge in [-0.1, -0.05) is 6.42 Å². The summed E-state index contributed by atoms with van der Waals surface area (Å²) < 4.78 is 6.41. The first kappa shape index (κ1) is 13.7. The zero-order valence-electron chi connectivity index (χ0n) is 9.25. The normalized spacial score (nSPS) is 18.0. The summed E-state index contributed by atoms with van der Waals surface area (Å²) >= 11 is 5.65. The Morgan fingerprint density at radius 1 is 1.21 bits per heavy atom. The molecule has 0 radical (unpaired) electrons. The van der Waals surface area contributed by atoms with E-state index in [4.69, 9.17) is 11.8 Å². The molecule has 1 aliphatic heterocycles. The maximum atomic E-state index is 9.60. The Hall–Kier alpha value is -0.280. The third-order valence-corrected chi connectivity index (χ3v) is 2.04. The van der Waals surface area contributed by atoms with Crippen LogP contribution in [0.3, 0.4) is 0 Å². The van der Waals surface area contributed by atoms with Crippen molar-refractivity contribution in [3.63, 3.8) is 0 Å². The van der Waals surface area contributed by atoms with Crippen LogP contribution < -0.4 is 0 Å². The van der Waals surface area contributed by atoms with Gasteiger partial charge in [-0.25, -0.2) is 4.42 Å². The second kappa shape index (κ2) is 7.07. The lowest BCUT2D eigenvalue weighted by atomic mass is 10.2. The highest BCUT2D eigenvalue weighted by Crippen LogP contribution is 2.09. The highest BCUT2D eigenvalue weighted by Gasteiger charge is 2.07. The van der Waals surface area contributed by atoms with Gasteiger partial charge in [0.25, 0.3) is 6.47 Å². The van der Waals surface area contributed by atoms with Crippen molar-refractivity contribution in [2.75, 3.05) is 13.1 Å². The van der Waals surface area contributed by atoms with E-state index in [1.54, 1.807) is 0 Å². The van der Waals surface area contributed by atoms with Crippen molar-refractivity contribution in [2.45, 2.75) is 45.6 Å². The van der Waals surface area contributed by atoms with Crippen LogP contribution in [0.2, 0.25) is 0 Å². The van der Waals surface area contributed by atoms with Crippen LogP contribution in [-0.2, 0) is 9.53 Å². The van der Waals surface area contributed by atoms with Crippen molar-refractivity contribution >= 4 is 18.2 Å². The molecule has 84 valence electrons. The van der Waals surface area contributed by atoms with Gasteiger partial charge in [0.2, 0.25) is 0 Å². The van der Waals surface area contributed by atoms with E-state index in [9.17, 15) is 4.79 Å². The van der Waals surface area contributed by atoms with Crippen LogP contribution in [0.25, 0.3) is 0 Å². The van der Waals surface area contributed by atoms with Crippen molar-refractivity contribution in [2.24, 2.45) is 0 Å². The second-order valence-electron chi connectivity index (χ2n) is 4.30. The minimum absolute atomic E-state index is 0.318. The molecule has 1 aliphatic rings. The molecule has 1 rings (SSSR count). The third-order valence-electron chi connectivity index (χ3n) is 1.70. The first-order chi connectivity index (χ1) is 6.45. The smallest absolute Gasteiger partial charge is 0.293 e. The fraction of sp³-hybridized carbons (Fsp3) is 0.900. The van der Waals surface area contributed by atoms with Crippen molar-refractivity contribution in [1.29, 1.82) is 0 Å². The summed E-state index contributed by atoms with van der Waals surface area (Å²) in [5.74, 6) is 0. The van der Waals surface area contributed by atoms with Crippen LogP contribution in [0, 0.1) is 0 Å². The van der Waals surface area contributed by atoms with E-state index in [0.717, 1.165) is 13.1 Å². The quantitative estimate of drug-likeness (QED) is 0.504. The largest absolute Gasteiger partial charge is 0.462 e. The molecule has 0 amide bonds. The fourth-order valence-corrected chi connectivity index (χ4v) is 1.24. The summed E-state index contributed by atoms with van der Waals surface area (Å²) in [6, 6.07) is 0. The van der Waals surface area contributed by atoms with Crippen LogP contribution in [-0.4, -0.2) is 29.6 Å². The molecule has 1 fully saturated rings. The number of hydrogen-bond acceptors (Lipinski definition) is 3. The molecule has 0 N–H and O–H groups in total. The molecule has 1 heterocycles. The molecule has 0 atom stereocenters. The first-order valence-electron chi connectivity index (χ1n) is 4.98. The van der Waals surface area contributed by atoms with Gasteiger partial charge in [-0.15, -0.1) is 0 Å². The maximum Gasteiger partial charge on any atom is 0.293 e. The van der Waals surface area contributed by atoms with Crippen molar-refractivity contribution in [3.05, 3.63) is 0 Å². The summed E-state index contributed by atoms with van der Waals surface area (Å²) in [7, 11) is 0. The minimum Gasteiger partial charge on any atom is -0.462 e. The van der Waals surface area contributed by atoms with Gasteiger partial charge >= 0.3 is 0 Å². The predicted molar refractivity (Wildman–Crippen MR) is 58.2 cm³/mol. The number of hydrogen-bond donors (Lipinski definition) is 0. The molecule has 3 nitrogen and oxygen atoms in total. The lowest BCUT2D eigenvalue weighted by Crippen LogP contribution is -2.19. The Labute approximate surface area is 91.5 Å². The molecule has 1 saturated heterocycles. The van der Waals surface area contributed by atoms with E-state index in [1.165, 1.54) is 19.3 Å². The van der Waals surface area contributed by atoms with Gasteiger partial charge in [-0.2, -0.15) is 0 Å². The Bertz CT molecular complexity index is 151. The van der Waals surface area contributed by atoms with Crippen LogP contribution in [0.1, 0.15) is 40.0 Å². The molecular formula is C10H20ClNO2. The van der Waals surface area contributed by atoms with Gasteiger partial charge in [0.15, 0.2) is 0 Å². The Morgan fingerprint density at radius 3 is 1.86 bits per heavy atom. The highest BCUT2D eigenvalue weighted by atomic mass is 35.5. The topological polar surface area (TPSA) is 29.5 Å². The predicted octanol–water partition coefficient (Wildman–Crippen LogP) is 2.58. The van der Waals surface area contributed by atoms with Crippen molar-refractivity contribution in [1.82, 2.24) is 4.42 Å². The monoisotopic (exact) mass is 221 g/mol. The molecule has 0 unspecified atom stereocenters. The van der Waals surface area contributed by atoms with E-state index in [2.05, 4.69) is 4.74 Å². The van der Waals surface area contributed by atoms with Crippen LogP contribution >= 0.6 is 11.8 Å². The molecule has 0 aromatic rings.